The molecular weight excluding hydrogens is 414 g/mol. The lowest BCUT2D eigenvalue weighted by Gasteiger charge is -2.21. The number of aliphatic carboxylic acids is 1. The molecule has 2 atom stereocenters. The number of carboxylic acid groups (broad SMARTS) is 1. The molecular formula is C28H27NO4. The normalized spacial score (nSPS) is 19.3. The van der Waals surface area contributed by atoms with Crippen LogP contribution in [-0.4, -0.2) is 41.8 Å². The van der Waals surface area contributed by atoms with Gasteiger partial charge in [-0.1, -0.05) is 66.7 Å². The average Bonchev–Trinajstić information content (AvgIpc) is 3.38. The second kappa shape index (κ2) is 8.39. The van der Waals surface area contributed by atoms with E-state index < -0.39 is 18.0 Å². The maximum Gasteiger partial charge on any atom is 0.409 e. The smallest absolute Gasteiger partial charge is 0.409 e. The molecule has 1 amide bonds. The number of carbonyl (C=O) groups is 2. The summed E-state index contributed by atoms with van der Waals surface area (Å²) in [7, 11) is 0. The zero-order valence-corrected chi connectivity index (χ0v) is 18.8. The number of rotatable bonds is 4. The Morgan fingerprint density at radius 1 is 0.879 bits per heavy atom. The van der Waals surface area contributed by atoms with Gasteiger partial charge in [-0.2, -0.15) is 0 Å². The fourth-order valence-electron chi connectivity index (χ4n) is 5.59. The Morgan fingerprint density at radius 3 is 2.03 bits per heavy atom. The molecule has 33 heavy (non-hydrogen) atoms. The van der Waals surface area contributed by atoms with Gasteiger partial charge in [0.2, 0.25) is 0 Å². The van der Waals surface area contributed by atoms with E-state index in [0.29, 0.717) is 6.54 Å². The van der Waals surface area contributed by atoms with Crippen LogP contribution in [0.15, 0.2) is 66.7 Å². The Hall–Kier alpha value is -3.60. The second-order valence-electron chi connectivity index (χ2n) is 9.07. The molecule has 1 heterocycles. The number of aryl methyl sites for hydroxylation is 2. The molecule has 0 aromatic heterocycles. The molecule has 1 aliphatic carbocycles. The molecule has 0 unspecified atom stereocenters. The second-order valence-corrected chi connectivity index (χ2v) is 9.07. The molecule has 1 N–H and O–H groups in total. The van der Waals surface area contributed by atoms with Crippen LogP contribution in [0.4, 0.5) is 4.79 Å². The standard InChI is InChI=1S/C28H27NO4/c1-17-8-7-9-18(2)26(17)23-14-29(15-24(23)27(30)31)28(32)33-16-25-21-12-5-3-10-19(21)20-11-4-6-13-22(20)25/h3-13,23-25H,14-16H2,1-2H3,(H,30,31)/t23-,24-/m1/s1. The number of nitrogens with zero attached hydrogens (tertiary/aromatic N) is 1. The molecule has 1 fully saturated rings. The molecule has 3 aromatic carbocycles. The van der Waals surface area contributed by atoms with Gasteiger partial charge in [-0.05, 0) is 52.8 Å². The summed E-state index contributed by atoms with van der Waals surface area (Å²) in [5.74, 6) is -1.79. The van der Waals surface area contributed by atoms with E-state index in [1.165, 1.54) is 11.1 Å². The predicted octanol–water partition coefficient (Wildman–Crippen LogP) is 5.35. The van der Waals surface area contributed by atoms with Crippen LogP contribution in [0.25, 0.3) is 11.1 Å². The van der Waals surface area contributed by atoms with Gasteiger partial charge in [0.1, 0.15) is 6.61 Å². The highest BCUT2D eigenvalue weighted by molar-refractivity contribution is 5.79. The van der Waals surface area contributed by atoms with Gasteiger partial charge in [0.05, 0.1) is 5.92 Å². The minimum Gasteiger partial charge on any atom is -0.481 e. The highest BCUT2D eigenvalue weighted by Crippen LogP contribution is 2.44. The van der Waals surface area contributed by atoms with Crippen LogP contribution < -0.4 is 0 Å². The molecule has 3 aromatic rings. The Labute approximate surface area is 193 Å². The van der Waals surface area contributed by atoms with Crippen LogP contribution in [-0.2, 0) is 9.53 Å². The van der Waals surface area contributed by atoms with Crippen molar-refractivity contribution in [3.63, 3.8) is 0 Å². The number of likely N-dealkylation sites (tertiary alicyclic amines) is 1. The van der Waals surface area contributed by atoms with Crippen molar-refractivity contribution < 1.29 is 19.4 Å². The van der Waals surface area contributed by atoms with Gasteiger partial charge in [-0.25, -0.2) is 4.79 Å². The maximum absolute atomic E-state index is 13.1. The van der Waals surface area contributed by atoms with E-state index in [0.717, 1.165) is 27.8 Å². The van der Waals surface area contributed by atoms with Crippen molar-refractivity contribution >= 4 is 12.1 Å². The molecule has 0 saturated carbocycles. The minimum atomic E-state index is -0.878. The summed E-state index contributed by atoms with van der Waals surface area (Å²) >= 11 is 0. The van der Waals surface area contributed by atoms with Gasteiger partial charge in [-0.3, -0.25) is 4.79 Å². The minimum absolute atomic E-state index is 0.0198. The van der Waals surface area contributed by atoms with Crippen molar-refractivity contribution in [2.24, 2.45) is 5.92 Å². The van der Waals surface area contributed by atoms with Crippen LogP contribution in [0.3, 0.4) is 0 Å². The highest BCUT2D eigenvalue weighted by atomic mass is 16.6. The first-order chi connectivity index (χ1) is 16.0. The SMILES string of the molecule is Cc1cccc(C)c1[C@@H]1CN(C(=O)OCC2c3ccccc3-c3ccccc32)C[C@H]1C(=O)O. The van der Waals surface area contributed by atoms with Crippen molar-refractivity contribution in [2.45, 2.75) is 25.7 Å². The first kappa shape index (κ1) is 21.3. The number of amides is 1. The first-order valence-corrected chi connectivity index (χ1v) is 11.3. The molecule has 5 rings (SSSR count). The van der Waals surface area contributed by atoms with E-state index >= 15 is 0 Å². The third-order valence-corrected chi connectivity index (χ3v) is 7.14. The number of hydrogen-bond acceptors (Lipinski definition) is 3. The Kier molecular flexibility index (Phi) is 5.41. The largest absolute Gasteiger partial charge is 0.481 e. The molecule has 5 nitrogen and oxygen atoms in total. The number of fused-ring (bicyclic) bond motifs is 3. The maximum atomic E-state index is 13.1. The molecule has 1 saturated heterocycles. The Bertz CT molecular complexity index is 1170. The van der Waals surface area contributed by atoms with Crippen molar-refractivity contribution in [1.82, 2.24) is 4.90 Å². The molecule has 168 valence electrons. The quantitative estimate of drug-likeness (QED) is 0.592. The number of benzene rings is 3. The lowest BCUT2D eigenvalue weighted by atomic mass is 9.84. The fraction of sp³-hybridized carbons (Fsp3) is 0.286. The summed E-state index contributed by atoms with van der Waals surface area (Å²) in [6.45, 7) is 4.73. The number of hydrogen-bond donors (Lipinski definition) is 1. The topological polar surface area (TPSA) is 66.8 Å². The van der Waals surface area contributed by atoms with Crippen molar-refractivity contribution in [3.05, 3.63) is 94.5 Å². The van der Waals surface area contributed by atoms with Gasteiger partial charge in [-0.15, -0.1) is 0 Å². The Morgan fingerprint density at radius 2 is 1.45 bits per heavy atom. The fourth-order valence-corrected chi connectivity index (χ4v) is 5.59. The highest BCUT2D eigenvalue weighted by Gasteiger charge is 2.42. The van der Waals surface area contributed by atoms with Crippen molar-refractivity contribution in [1.29, 1.82) is 0 Å². The van der Waals surface area contributed by atoms with Gasteiger partial charge in [0.15, 0.2) is 0 Å². The van der Waals surface area contributed by atoms with Crippen molar-refractivity contribution in [2.75, 3.05) is 19.7 Å². The van der Waals surface area contributed by atoms with E-state index in [1.54, 1.807) is 4.90 Å². The summed E-state index contributed by atoms with van der Waals surface area (Å²) in [6, 6.07) is 22.4. The summed E-state index contributed by atoms with van der Waals surface area (Å²) in [5, 5.41) is 9.87. The molecule has 5 heteroatoms. The Balaban J connectivity index is 1.34. The predicted molar refractivity (Wildman–Crippen MR) is 126 cm³/mol. The van der Waals surface area contributed by atoms with E-state index in [1.807, 2.05) is 56.3 Å². The average molecular weight is 442 g/mol. The van der Waals surface area contributed by atoms with E-state index in [9.17, 15) is 14.7 Å². The number of ether oxygens (including phenoxy) is 1. The van der Waals surface area contributed by atoms with Crippen molar-refractivity contribution in [3.8, 4) is 11.1 Å². The van der Waals surface area contributed by atoms with E-state index in [2.05, 4.69) is 24.3 Å². The van der Waals surface area contributed by atoms with E-state index in [-0.39, 0.29) is 25.0 Å². The first-order valence-electron chi connectivity index (χ1n) is 11.3. The number of carbonyl (C=O) groups excluding carboxylic acids is 1. The summed E-state index contributed by atoms with van der Waals surface area (Å²) < 4.78 is 5.79. The molecule has 0 radical (unpaired) electrons. The van der Waals surface area contributed by atoms with Crippen LogP contribution >= 0.6 is 0 Å². The van der Waals surface area contributed by atoms with Gasteiger partial charge in [0.25, 0.3) is 0 Å². The zero-order valence-electron chi connectivity index (χ0n) is 18.8. The van der Waals surface area contributed by atoms with Gasteiger partial charge >= 0.3 is 12.1 Å². The summed E-state index contributed by atoms with van der Waals surface area (Å²) in [6.07, 6.45) is -0.447. The van der Waals surface area contributed by atoms with Gasteiger partial charge in [0, 0.05) is 24.9 Å². The lowest BCUT2D eigenvalue weighted by Crippen LogP contribution is -2.31. The molecule has 2 aliphatic rings. The lowest BCUT2D eigenvalue weighted by molar-refractivity contribution is -0.141. The van der Waals surface area contributed by atoms with Crippen LogP contribution in [0.1, 0.15) is 39.7 Å². The third kappa shape index (κ3) is 3.67. The summed E-state index contributed by atoms with van der Waals surface area (Å²) in [4.78, 5) is 26.6. The summed E-state index contributed by atoms with van der Waals surface area (Å²) in [5.41, 5.74) is 7.81. The third-order valence-electron chi connectivity index (χ3n) is 7.14. The zero-order chi connectivity index (χ0) is 23.1. The van der Waals surface area contributed by atoms with Crippen LogP contribution in [0, 0.1) is 19.8 Å². The molecule has 0 bridgehead atoms. The van der Waals surface area contributed by atoms with Crippen LogP contribution in [0.5, 0.6) is 0 Å². The molecule has 1 aliphatic heterocycles. The molecule has 0 spiro atoms. The van der Waals surface area contributed by atoms with E-state index in [4.69, 9.17) is 4.74 Å². The van der Waals surface area contributed by atoms with Crippen LogP contribution in [0.2, 0.25) is 0 Å². The van der Waals surface area contributed by atoms with Gasteiger partial charge < -0.3 is 14.7 Å². The monoisotopic (exact) mass is 441 g/mol. The number of carboxylic acids is 1.